The van der Waals surface area contributed by atoms with Crippen LogP contribution in [0.3, 0.4) is 0 Å². The summed E-state index contributed by atoms with van der Waals surface area (Å²) in [7, 11) is 0. The predicted octanol–water partition coefficient (Wildman–Crippen LogP) is 4.20. The number of nitrogens with zero attached hydrogens (tertiary/aromatic N) is 4. The number of pyridine rings is 1. The van der Waals surface area contributed by atoms with E-state index in [0.29, 0.717) is 30.4 Å². The molecule has 0 unspecified atom stereocenters. The molecular formula is C18H12F4N4. The van der Waals surface area contributed by atoms with Gasteiger partial charge in [-0.1, -0.05) is 0 Å². The standard InChI is InChI=1S/C18H12F4N4/c19-14-9-12(18(20,21)22)1-2-13(14)17-16(11-3-5-23-6-4-11)15-10-24-7-8-26(15)25-17/h1-6,9-10H,7-8H2. The fourth-order valence-electron chi connectivity index (χ4n) is 2.96. The molecule has 0 radical (unpaired) electrons. The van der Waals surface area contributed by atoms with Crippen LogP contribution in [0.1, 0.15) is 11.3 Å². The Labute approximate surface area is 145 Å². The Kier molecular flexibility index (Phi) is 3.82. The summed E-state index contributed by atoms with van der Waals surface area (Å²) in [6, 6.07) is 5.96. The van der Waals surface area contributed by atoms with Crippen LogP contribution < -0.4 is 0 Å². The van der Waals surface area contributed by atoms with Gasteiger partial charge in [-0.15, -0.1) is 0 Å². The summed E-state index contributed by atoms with van der Waals surface area (Å²) in [5, 5.41) is 4.43. The zero-order valence-electron chi connectivity index (χ0n) is 13.3. The van der Waals surface area contributed by atoms with E-state index in [1.165, 1.54) is 0 Å². The number of halogens is 4. The van der Waals surface area contributed by atoms with Crippen LogP contribution in [-0.2, 0) is 12.7 Å². The molecule has 3 heterocycles. The van der Waals surface area contributed by atoms with Gasteiger partial charge in [0.05, 0.1) is 24.3 Å². The normalized spacial score (nSPS) is 13.7. The Bertz CT molecular complexity index is 990. The summed E-state index contributed by atoms with van der Waals surface area (Å²) >= 11 is 0. The first-order valence-corrected chi connectivity index (χ1v) is 7.83. The molecule has 0 amide bonds. The molecule has 1 aliphatic heterocycles. The van der Waals surface area contributed by atoms with Crippen LogP contribution in [0.15, 0.2) is 47.7 Å². The van der Waals surface area contributed by atoms with Gasteiger partial charge in [-0.05, 0) is 35.9 Å². The molecule has 0 aliphatic carbocycles. The fourth-order valence-corrected chi connectivity index (χ4v) is 2.96. The van der Waals surface area contributed by atoms with Crippen LogP contribution in [-0.4, -0.2) is 27.5 Å². The molecule has 4 rings (SSSR count). The zero-order chi connectivity index (χ0) is 18.3. The monoisotopic (exact) mass is 360 g/mol. The second-order valence-electron chi connectivity index (χ2n) is 5.80. The van der Waals surface area contributed by atoms with E-state index in [1.54, 1.807) is 35.4 Å². The third kappa shape index (κ3) is 2.77. The van der Waals surface area contributed by atoms with Crippen molar-refractivity contribution in [2.75, 3.05) is 6.54 Å². The van der Waals surface area contributed by atoms with E-state index in [2.05, 4.69) is 15.1 Å². The Morgan fingerprint density at radius 3 is 2.50 bits per heavy atom. The second kappa shape index (κ2) is 6.05. The number of hydrogen-bond donors (Lipinski definition) is 0. The number of aromatic nitrogens is 3. The Morgan fingerprint density at radius 2 is 1.81 bits per heavy atom. The minimum atomic E-state index is -4.60. The molecule has 132 valence electrons. The van der Waals surface area contributed by atoms with E-state index in [-0.39, 0.29) is 11.3 Å². The number of benzene rings is 1. The fraction of sp³-hybridized carbons (Fsp3) is 0.167. The highest BCUT2D eigenvalue weighted by molar-refractivity contribution is 5.95. The van der Waals surface area contributed by atoms with E-state index < -0.39 is 17.6 Å². The molecule has 0 saturated heterocycles. The number of rotatable bonds is 2. The highest BCUT2D eigenvalue weighted by Gasteiger charge is 2.32. The lowest BCUT2D eigenvalue weighted by molar-refractivity contribution is -0.137. The molecular weight excluding hydrogens is 348 g/mol. The van der Waals surface area contributed by atoms with Crippen molar-refractivity contribution < 1.29 is 17.6 Å². The first-order valence-electron chi connectivity index (χ1n) is 7.83. The van der Waals surface area contributed by atoms with Gasteiger partial charge in [-0.2, -0.15) is 18.3 Å². The zero-order valence-corrected chi connectivity index (χ0v) is 13.3. The average Bonchev–Trinajstić information content (AvgIpc) is 3.00. The topological polar surface area (TPSA) is 43.1 Å². The van der Waals surface area contributed by atoms with Gasteiger partial charge in [0.25, 0.3) is 0 Å². The molecule has 1 aliphatic rings. The quantitative estimate of drug-likeness (QED) is 0.643. The molecule has 4 nitrogen and oxygen atoms in total. The predicted molar refractivity (Wildman–Crippen MR) is 88.3 cm³/mol. The number of fused-ring (bicyclic) bond motifs is 1. The van der Waals surface area contributed by atoms with Crippen molar-refractivity contribution in [2.24, 2.45) is 4.99 Å². The lowest BCUT2D eigenvalue weighted by Crippen LogP contribution is -2.12. The summed E-state index contributed by atoms with van der Waals surface area (Å²) in [5.41, 5.74) is 1.32. The maximum absolute atomic E-state index is 14.5. The highest BCUT2D eigenvalue weighted by Crippen LogP contribution is 2.38. The van der Waals surface area contributed by atoms with Crippen molar-refractivity contribution in [3.8, 4) is 22.4 Å². The van der Waals surface area contributed by atoms with E-state index >= 15 is 0 Å². The van der Waals surface area contributed by atoms with Gasteiger partial charge >= 0.3 is 6.18 Å². The minimum absolute atomic E-state index is 0.0140. The number of hydrogen-bond acceptors (Lipinski definition) is 3. The SMILES string of the molecule is Fc1cc(C(F)(F)F)ccc1-c1nn2c(c1-c1ccncc1)C=NCC2. The Balaban J connectivity index is 1.93. The van der Waals surface area contributed by atoms with Crippen molar-refractivity contribution in [1.82, 2.24) is 14.8 Å². The van der Waals surface area contributed by atoms with E-state index in [9.17, 15) is 17.6 Å². The van der Waals surface area contributed by atoms with Crippen molar-refractivity contribution in [3.63, 3.8) is 0 Å². The second-order valence-corrected chi connectivity index (χ2v) is 5.80. The van der Waals surface area contributed by atoms with E-state index in [1.807, 2.05) is 0 Å². The average molecular weight is 360 g/mol. The number of aliphatic imine (C=N–C) groups is 1. The third-order valence-electron chi connectivity index (χ3n) is 4.17. The summed E-state index contributed by atoms with van der Waals surface area (Å²) < 4.78 is 54.7. The minimum Gasteiger partial charge on any atom is -0.289 e. The van der Waals surface area contributed by atoms with Gasteiger partial charge in [0, 0.05) is 29.7 Å². The molecule has 8 heteroatoms. The van der Waals surface area contributed by atoms with Gasteiger partial charge in [0.1, 0.15) is 11.5 Å². The Morgan fingerprint density at radius 1 is 1.04 bits per heavy atom. The van der Waals surface area contributed by atoms with Crippen LogP contribution in [0.25, 0.3) is 22.4 Å². The number of alkyl halides is 3. The first-order chi connectivity index (χ1) is 12.4. The summed E-state index contributed by atoms with van der Waals surface area (Å²) in [5.74, 6) is -0.970. The van der Waals surface area contributed by atoms with Crippen molar-refractivity contribution in [1.29, 1.82) is 0 Å². The molecule has 0 spiro atoms. The lowest BCUT2D eigenvalue weighted by atomic mass is 9.98. The maximum atomic E-state index is 14.5. The molecule has 0 saturated carbocycles. The third-order valence-corrected chi connectivity index (χ3v) is 4.17. The van der Waals surface area contributed by atoms with Crippen LogP contribution >= 0.6 is 0 Å². The molecule has 0 N–H and O–H groups in total. The van der Waals surface area contributed by atoms with Gasteiger partial charge in [-0.25, -0.2) is 4.39 Å². The van der Waals surface area contributed by atoms with Gasteiger partial charge in [-0.3, -0.25) is 14.7 Å². The van der Waals surface area contributed by atoms with Gasteiger partial charge in [0.15, 0.2) is 0 Å². The van der Waals surface area contributed by atoms with Crippen LogP contribution in [0, 0.1) is 5.82 Å². The molecule has 0 atom stereocenters. The first kappa shape index (κ1) is 16.4. The lowest BCUT2D eigenvalue weighted by Gasteiger charge is -2.10. The molecule has 3 aromatic rings. The summed E-state index contributed by atoms with van der Waals surface area (Å²) in [6.45, 7) is 1.06. The summed E-state index contributed by atoms with van der Waals surface area (Å²) in [4.78, 5) is 8.20. The van der Waals surface area contributed by atoms with E-state index in [0.717, 1.165) is 17.7 Å². The molecule has 0 fully saturated rings. The van der Waals surface area contributed by atoms with E-state index in [4.69, 9.17) is 0 Å². The Hall–Kier alpha value is -3.03. The van der Waals surface area contributed by atoms with Gasteiger partial charge < -0.3 is 0 Å². The molecule has 1 aromatic carbocycles. The van der Waals surface area contributed by atoms with Crippen molar-refractivity contribution >= 4 is 6.21 Å². The van der Waals surface area contributed by atoms with Crippen LogP contribution in [0.2, 0.25) is 0 Å². The van der Waals surface area contributed by atoms with Crippen LogP contribution in [0.5, 0.6) is 0 Å². The largest absolute Gasteiger partial charge is 0.416 e. The van der Waals surface area contributed by atoms with Gasteiger partial charge in [0.2, 0.25) is 0 Å². The van der Waals surface area contributed by atoms with Crippen molar-refractivity contribution in [2.45, 2.75) is 12.7 Å². The molecule has 26 heavy (non-hydrogen) atoms. The van der Waals surface area contributed by atoms with Crippen LogP contribution in [0.4, 0.5) is 17.6 Å². The molecule has 2 aromatic heterocycles. The highest BCUT2D eigenvalue weighted by atomic mass is 19.4. The smallest absolute Gasteiger partial charge is 0.289 e. The summed E-state index contributed by atoms with van der Waals surface area (Å²) in [6.07, 6.45) is 0.226. The van der Waals surface area contributed by atoms with Crippen molar-refractivity contribution in [3.05, 3.63) is 59.8 Å². The maximum Gasteiger partial charge on any atom is 0.416 e. The molecule has 0 bridgehead atoms.